The van der Waals surface area contributed by atoms with E-state index in [-0.39, 0.29) is 30.5 Å². The normalized spacial score (nSPS) is 21.6. The van der Waals surface area contributed by atoms with Crippen LogP contribution in [0.1, 0.15) is 31.6 Å². The van der Waals surface area contributed by atoms with Crippen LogP contribution in [0, 0.1) is 5.92 Å². The molecule has 0 aliphatic heterocycles. The van der Waals surface area contributed by atoms with E-state index in [1.54, 1.807) is 18.2 Å². The third-order valence-electron chi connectivity index (χ3n) is 4.77. The van der Waals surface area contributed by atoms with Crippen LogP contribution in [-0.4, -0.2) is 39.5 Å². The van der Waals surface area contributed by atoms with Crippen molar-refractivity contribution in [1.29, 1.82) is 0 Å². The van der Waals surface area contributed by atoms with Crippen molar-refractivity contribution in [2.75, 3.05) is 7.05 Å². The Morgan fingerprint density at radius 3 is 2.48 bits per heavy atom. The van der Waals surface area contributed by atoms with Crippen molar-refractivity contribution in [3.8, 4) is 17.2 Å². The number of hydrogen-bond donors (Lipinski definition) is 1. The van der Waals surface area contributed by atoms with E-state index in [0.29, 0.717) is 30.8 Å². The maximum Gasteiger partial charge on any atom is 0.391 e. The summed E-state index contributed by atoms with van der Waals surface area (Å²) in [5.74, 6) is -0.536. The molecule has 3 rings (SSSR count). The molecule has 1 saturated carbocycles. The summed E-state index contributed by atoms with van der Waals surface area (Å²) in [5.41, 5.74) is 0.453. The molecule has 1 fully saturated rings. The Morgan fingerprint density at radius 1 is 1.16 bits per heavy atom. The monoisotopic (exact) mass is 355 g/mol. The van der Waals surface area contributed by atoms with E-state index in [1.807, 2.05) is 11.9 Å². The minimum atomic E-state index is -4.09. The zero-order valence-corrected chi connectivity index (χ0v) is 13.8. The van der Waals surface area contributed by atoms with Gasteiger partial charge in [0, 0.05) is 6.04 Å². The standard InChI is InChI=1S/C17H20F3N3O2/c1-23(12-8-6-11(7-9-12)17(18,19)20)10-15-21-22-16(25-15)13-4-2-3-5-14(13)24/h2-5,11-12,24H,6-10H2,1H3. The van der Waals surface area contributed by atoms with Gasteiger partial charge >= 0.3 is 6.18 Å². The second-order valence-corrected chi connectivity index (χ2v) is 6.48. The van der Waals surface area contributed by atoms with Gasteiger partial charge in [-0.1, -0.05) is 12.1 Å². The molecule has 1 N–H and O–H groups in total. The Labute approximate surface area is 143 Å². The fraction of sp³-hybridized carbons (Fsp3) is 0.529. The highest BCUT2D eigenvalue weighted by molar-refractivity contribution is 5.61. The number of para-hydroxylation sites is 1. The van der Waals surface area contributed by atoms with Crippen molar-refractivity contribution in [2.24, 2.45) is 5.92 Å². The first-order valence-electron chi connectivity index (χ1n) is 8.22. The quantitative estimate of drug-likeness (QED) is 0.898. The number of benzene rings is 1. The van der Waals surface area contributed by atoms with Crippen LogP contribution >= 0.6 is 0 Å². The maximum atomic E-state index is 12.7. The SMILES string of the molecule is CN(Cc1nnc(-c2ccccc2O)o1)C1CCC(C(F)(F)F)CC1. The van der Waals surface area contributed by atoms with Crippen molar-refractivity contribution >= 4 is 0 Å². The lowest BCUT2D eigenvalue weighted by atomic mass is 9.85. The van der Waals surface area contributed by atoms with Gasteiger partial charge in [-0.15, -0.1) is 10.2 Å². The Hall–Kier alpha value is -2.09. The van der Waals surface area contributed by atoms with Crippen LogP contribution in [-0.2, 0) is 6.54 Å². The lowest BCUT2D eigenvalue weighted by molar-refractivity contribution is -0.184. The summed E-state index contributed by atoms with van der Waals surface area (Å²) in [7, 11) is 1.85. The van der Waals surface area contributed by atoms with E-state index in [4.69, 9.17) is 4.42 Å². The van der Waals surface area contributed by atoms with Gasteiger partial charge in [-0.3, -0.25) is 4.90 Å². The number of phenols is 1. The summed E-state index contributed by atoms with van der Waals surface area (Å²) >= 11 is 0. The van der Waals surface area contributed by atoms with E-state index in [0.717, 1.165) is 0 Å². The van der Waals surface area contributed by atoms with Crippen molar-refractivity contribution < 1.29 is 22.7 Å². The summed E-state index contributed by atoms with van der Waals surface area (Å²) in [5, 5.41) is 17.7. The molecule has 0 atom stereocenters. The van der Waals surface area contributed by atoms with Gasteiger partial charge in [0.2, 0.25) is 5.89 Å². The zero-order chi connectivity index (χ0) is 18.0. The number of halogens is 3. The van der Waals surface area contributed by atoms with Crippen LogP contribution in [0.15, 0.2) is 28.7 Å². The first-order valence-corrected chi connectivity index (χ1v) is 8.22. The minimum absolute atomic E-state index is 0.0523. The topological polar surface area (TPSA) is 62.4 Å². The van der Waals surface area contributed by atoms with Crippen LogP contribution in [0.3, 0.4) is 0 Å². The summed E-state index contributed by atoms with van der Waals surface area (Å²) in [6.45, 7) is 0.363. The summed E-state index contributed by atoms with van der Waals surface area (Å²) in [4.78, 5) is 1.95. The molecule has 136 valence electrons. The van der Waals surface area contributed by atoms with Crippen molar-refractivity contribution in [1.82, 2.24) is 15.1 Å². The molecule has 1 aromatic heterocycles. The Morgan fingerprint density at radius 2 is 1.84 bits per heavy atom. The largest absolute Gasteiger partial charge is 0.507 e. The second-order valence-electron chi connectivity index (χ2n) is 6.48. The van der Waals surface area contributed by atoms with Crippen LogP contribution in [0.2, 0.25) is 0 Å². The number of alkyl halides is 3. The maximum absolute atomic E-state index is 12.7. The zero-order valence-electron chi connectivity index (χ0n) is 13.8. The molecular formula is C17H20F3N3O2. The third-order valence-corrected chi connectivity index (χ3v) is 4.77. The number of aromatic nitrogens is 2. The Balaban J connectivity index is 1.59. The smallest absolute Gasteiger partial charge is 0.391 e. The lowest BCUT2D eigenvalue weighted by Crippen LogP contribution is -2.38. The molecule has 0 amide bonds. The molecular weight excluding hydrogens is 335 g/mol. The molecule has 25 heavy (non-hydrogen) atoms. The van der Waals surface area contributed by atoms with Gasteiger partial charge in [-0.25, -0.2) is 0 Å². The fourth-order valence-electron chi connectivity index (χ4n) is 3.27. The second kappa shape index (κ2) is 7.03. The average Bonchev–Trinajstić information content (AvgIpc) is 3.03. The number of hydrogen-bond acceptors (Lipinski definition) is 5. The van der Waals surface area contributed by atoms with E-state index >= 15 is 0 Å². The molecule has 0 spiro atoms. The summed E-state index contributed by atoms with van der Waals surface area (Å²) < 4.78 is 43.8. The van der Waals surface area contributed by atoms with E-state index in [2.05, 4.69) is 10.2 Å². The van der Waals surface area contributed by atoms with Crippen LogP contribution in [0.5, 0.6) is 5.75 Å². The van der Waals surface area contributed by atoms with Crippen LogP contribution < -0.4 is 0 Å². The third kappa shape index (κ3) is 4.12. The lowest BCUT2D eigenvalue weighted by Gasteiger charge is -2.34. The molecule has 8 heteroatoms. The van der Waals surface area contributed by atoms with Crippen LogP contribution in [0.4, 0.5) is 13.2 Å². The highest BCUT2D eigenvalue weighted by Gasteiger charge is 2.41. The van der Waals surface area contributed by atoms with Gasteiger partial charge in [0.05, 0.1) is 18.0 Å². The predicted molar refractivity (Wildman–Crippen MR) is 84.7 cm³/mol. The predicted octanol–water partition coefficient (Wildman–Crippen LogP) is 4.00. The van der Waals surface area contributed by atoms with E-state index in [9.17, 15) is 18.3 Å². The number of aromatic hydroxyl groups is 1. The van der Waals surface area contributed by atoms with Gasteiger partial charge in [0.15, 0.2) is 0 Å². The fourth-order valence-corrected chi connectivity index (χ4v) is 3.27. The molecule has 1 heterocycles. The summed E-state index contributed by atoms with van der Waals surface area (Å²) in [6, 6.07) is 6.73. The van der Waals surface area contributed by atoms with Gasteiger partial charge in [-0.2, -0.15) is 13.2 Å². The number of phenolic OH excluding ortho intramolecular Hbond substituents is 1. The average molecular weight is 355 g/mol. The Kier molecular flexibility index (Phi) is 4.99. The van der Waals surface area contributed by atoms with E-state index in [1.165, 1.54) is 6.07 Å². The van der Waals surface area contributed by atoms with Gasteiger partial charge in [-0.05, 0) is 44.9 Å². The first kappa shape index (κ1) is 17.7. The Bertz CT molecular complexity index is 709. The molecule has 1 aromatic carbocycles. The van der Waals surface area contributed by atoms with Gasteiger partial charge in [0.25, 0.3) is 5.89 Å². The van der Waals surface area contributed by atoms with Crippen molar-refractivity contribution in [2.45, 2.75) is 44.4 Å². The van der Waals surface area contributed by atoms with Gasteiger partial charge < -0.3 is 9.52 Å². The molecule has 2 aromatic rings. The molecule has 0 radical (unpaired) electrons. The minimum Gasteiger partial charge on any atom is -0.507 e. The highest BCUT2D eigenvalue weighted by atomic mass is 19.4. The van der Waals surface area contributed by atoms with Crippen LogP contribution in [0.25, 0.3) is 11.5 Å². The molecule has 1 aliphatic rings. The van der Waals surface area contributed by atoms with E-state index < -0.39 is 12.1 Å². The summed E-state index contributed by atoms with van der Waals surface area (Å²) in [6.07, 6.45) is -2.78. The first-order chi connectivity index (χ1) is 11.8. The molecule has 0 saturated heterocycles. The van der Waals surface area contributed by atoms with Crippen molar-refractivity contribution in [3.05, 3.63) is 30.2 Å². The molecule has 0 bridgehead atoms. The molecule has 1 aliphatic carbocycles. The molecule has 5 nitrogen and oxygen atoms in total. The van der Waals surface area contributed by atoms with Crippen molar-refractivity contribution in [3.63, 3.8) is 0 Å². The van der Waals surface area contributed by atoms with Gasteiger partial charge in [0.1, 0.15) is 5.75 Å². The number of rotatable bonds is 4. The number of nitrogens with zero attached hydrogens (tertiary/aromatic N) is 3. The molecule has 0 unspecified atom stereocenters. The highest BCUT2D eigenvalue weighted by Crippen LogP contribution is 2.38.